The number of amides is 1. The zero-order valence-corrected chi connectivity index (χ0v) is 15.6. The Morgan fingerprint density at radius 2 is 2.00 bits per heavy atom. The van der Waals surface area contributed by atoms with Crippen molar-refractivity contribution < 1.29 is 18.0 Å². The van der Waals surface area contributed by atoms with Gasteiger partial charge in [-0.1, -0.05) is 13.3 Å². The second-order valence-electron chi connectivity index (χ2n) is 7.21. The molecule has 1 N–H and O–H groups in total. The normalized spacial score (nSPS) is 16.8. The lowest BCUT2D eigenvalue weighted by Crippen LogP contribution is -2.29. The molecule has 0 unspecified atom stereocenters. The zero-order valence-electron chi connectivity index (χ0n) is 15.6. The molecule has 27 heavy (non-hydrogen) atoms. The van der Waals surface area contributed by atoms with Gasteiger partial charge >= 0.3 is 12.2 Å². The third-order valence-electron chi connectivity index (χ3n) is 5.19. The molecule has 1 saturated heterocycles. The number of carbonyl (C=O) groups excluding carboxylic acids is 1. The van der Waals surface area contributed by atoms with Crippen LogP contribution >= 0.6 is 0 Å². The van der Waals surface area contributed by atoms with E-state index in [0.29, 0.717) is 17.6 Å². The van der Waals surface area contributed by atoms with Crippen LogP contribution in [0.4, 0.5) is 18.0 Å². The van der Waals surface area contributed by atoms with E-state index in [-0.39, 0.29) is 11.4 Å². The van der Waals surface area contributed by atoms with Gasteiger partial charge in [-0.25, -0.2) is 9.78 Å². The van der Waals surface area contributed by atoms with Crippen LogP contribution in [-0.2, 0) is 6.18 Å². The van der Waals surface area contributed by atoms with Gasteiger partial charge in [-0.15, -0.1) is 0 Å². The Hall–Kier alpha value is -2.09. The van der Waals surface area contributed by atoms with Gasteiger partial charge in [0.1, 0.15) is 6.33 Å². The van der Waals surface area contributed by atoms with Crippen LogP contribution in [0.15, 0.2) is 18.5 Å². The van der Waals surface area contributed by atoms with Crippen molar-refractivity contribution in [3.63, 3.8) is 0 Å². The number of carbonyl (C=O) groups is 1. The first kappa shape index (κ1) is 19.7. The van der Waals surface area contributed by atoms with Crippen LogP contribution in [0.2, 0.25) is 0 Å². The van der Waals surface area contributed by atoms with Gasteiger partial charge in [0.15, 0.2) is 0 Å². The first-order valence-corrected chi connectivity index (χ1v) is 9.36. The van der Waals surface area contributed by atoms with E-state index in [1.807, 2.05) is 14.0 Å². The fraction of sp³-hybridized carbons (Fsp3) is 0.579. The minimum Gasteiger partial charge on any atom is -0.337 e. The number of unbranched alkanes of at least 4 members (excludes halogenated alkanes) is 1. The minimum absolute atomic E-state index is 0.0116. The van der Waals surface area contributed by atoms with Gasteiger partial charge in [0.05, 0.1) is 16.6 Å². The zero-order chi connectivity index (χ0) is 19.6. The molecule has 5 nitrogen and oxygen atoms in total. The van der Waals surface area contributed by atoms with E-state index >= 15 is 0 Å². The summed E-state index contributed by atoms with van der Waals surface area (Å²) >= 11 is 0. The van der Waals surface area contributed by atoms with E-state index < -0.39 is 17.8 Å². The second kappa shape index (κ2) is 7.88. The van der Waals surface area contributed by atoms with Crippen molar-refractivity contribution in [1.29, 1.82) is 0 Å². The van der Waals surface area contributed by atoms with Crippen LogP contribution < -0.4 is 5.32 Å². The van der Waals surface area contributed by atoms with Crippen molar-refractivity contribution in [3.05, 3.63) is 29.6 Å². The SMILES string of the molecule is CCCCNC(=O)n1cnc2c(C3CCN(C)CC3)cc(C(F)(F)F)cc21. The summed E-state index contributed by atoms with van der Waals surface area (Å²) in [6, 6.07) is 1.80. The number of hydrogen-bond acceptors (Lipinski definition) is 3. The fourth-order valence-electron chi connectivity index (χ4n) is 3.56. The van der Waals surface area contributed by atoms with Gasteiger partial charge in [-0.05, 0) is 63.0 Å². The van der Waals surface area contributed by atoms with Gasteiger partial charge in [-0.3, -0.25) is 4.57 Å². The summed E-state index contributed by atoms with van der Waals surface area (Å²) in [6.07, 6.45) is 0.147. The number of alkyl halides is 3. The van der Waals surface area contributed by atoms with E-state index in [9.17, 15) is 18.0 Å². The Morgan fingerprint density at radius 3 is 2.63 bits per heavy atom. The molecule has 1 aliphatic heterocycles. The molecular formula is C19H25F3N4O. The van der Waals surface area contributed by atoms with Crippen LogP contribution in [0, 0.1) is 0 Å². The monoisotopic (exact) mass is 382 g/mol. The maximum Gasteiger partial charge on any atom is 0.416 e. The number of piperidine rings is 1. The van der Waals surface area contributed by atoms with Crippen LogP contribution in [0.3, 0.4) is 0 Å². The molecule has 1 fully saturated rings. The van der Waals surface area contributed by atoms with Gasteiger partial charge in [0, 0.05) is 6.54 Å². The number of rotatable bonds is 4. The molecule has 0 saturated carbocycles. The van der Waals surface area contributed by atoms with Crippen LogP contribution in [0.5, 0.6) is 0 Å². The number of aromatic nitrogens is 2. The molecular weight excluding hydrogens is 357 g/mol. The maximum atomic E-state index is 13.5. The largest absolute Gasteiger partial charge is 0.416 e. The van der Waals surface area contributed by atoms with Gasteiger partial charge in [-0.2, -0.15) is 13.2 Å². The van der Waals surface area contributed by atoms with Crippen molar-refractivity contribution in [2.75, 3.05) is 26.7 Å². The summed E-state index contributed by atoms with van der Waals surface area (Å²) in [5.74, 6) is 0.0116. The Morgan fingerprint density at radius 1 is 1.30 bits per heavy atom. The third kappa shape index (κ3) is 4.26. The molecule has 2 aromatic rings. The third-order valence-corrected chi connectivity index (χ3v) is 5.19. The van der Waals surface area contributed by atoms with Crippen LogP contribution in [0.25, 0.3) is 11.0 Å². The summed E-state index contributed by atoms with van der Waals surface area (Å²) in [7, 11) is 2.01. The first-order valence-electron chi connectivity index (χ1n) is 9.36. The maximum absolute atomic E-state index is 13.5. The molecule has 0 radical (unpaired) electrons. The molecule has 0 atom stereocenters. The highest BCUT2D eigenvalue weighted by atomic mass is 19.4. The number of likely N-dealkylation sites (tertiary alicyclic amines) is 1. The molecule has 3 rings (SSSR count). The molecule has 1 aromatic carbocycles. The summed E-state index contributed by atoms with van der Waals surface area (Å²) in [5.41, 5.74) is 0.566. The number of benzene rings is 1. The second-order valence-corrected chi connectivity index (χ2v) is 7.21. The lowest BCUT2D eigenvalue weighted by Gasteiger charge is -2.29. The quantitative estimate of drug-likeness (QED) is 0.806. The van der Waals surface area contributed by atoms with Crippen LogP contribution in [0.1, 0.15) is 49.7 Å². The topological polar surface area (TPSA) is 50.2 Å². The lowest BCUT2D eigenvalue weighted by molar-refractivity contribution is -0.137. The molecule has 2 heterocycles. The van der Waals surface area contributed by atoms with Crippen molar-refractivity contribution in [2.45, 2.75) is 44.7 Å². The predicted molar refractivity (Wildman–Crippen MR) is 97.9 cm³/mol. The average molecular weight is 382 g/mol. The first-order chi connectivity index (χ1) is 12.8. The highest BCUT2D eigenvalue weighted by molar-refractivity contribution is 5.91. The summed E-state index contributed by atoms with van der Waals surface area (Å²) in [4.78, 5) is 18.9. The number of nitrogens with one attached hydrogen (secondary N) is 1. The standard InChI is InChI=1S/C19H25F3N4O/c1-3-4-7-23-18(27)26-12-24-17-15(13-5-8-25(2)9-6-13)10-14(11-16(17)26)19(20,21)22/h10-13H,3-9H2,1-2H3,(H,23,27). The molecule has 0 spiro atoms. The molecule has 0 bridgehead atoms. The average Bonchev–Trinajstić information content (AvgIpc) is 3.05. The van der Waals surface area contributed by atoms with E-state index in [1.165, 1.54) is 17.0 Å². The number of imidazole rings is 1. The highest BCUT2D eigenvalue weighted by Crippen LogP contribution is 2.38. The summed E-state index contributed by atoms with van der Waals surface area (Å²) < 4.78 is 41.6. The Labute approximate surface area is 156 Å². The van der Waals surface area contributed by atoms with E-state index in [4.69, 9.17) is 0 Å². The smallest absolute Gasteiger partial charge is 0.337 e. The van der Waals surface area contributed by atoms with E-state index in [1.54, 1.807) is 0 Å². The number of nitrogens with zero attached hydrogens (tertiary/aromatic N) is 3. The molecule has 0 aliphatic carbocycles. The Balaban J connectivity index is 2.03. The molecule has 1 aliphatic rings. The Kier molecular flexibility index (Phi) is 5.74. The molecule has 1 aromatic heterocycles. The van der Waals surface area contributed by atoms with Crippen molar-refractivity contribution in [3.8, 4) is 0 Å². The van der Waals surface area contributed by atoms with Crippen LogP contribution in [-0.4, -0.2) is 47.2 Å². The summed E-state index contributed by atoms with van der Waals surface area (Å²) in [5, 5.41) is 2.74. The number of hydrogen-bond donors (Lipinski definition) is 1. The van der Waals surface area contributed by atoms with Crippen molar-refractivity contribution in [2.24, 2.45) is 0 Å². The van der Waals surface area contributed by atoms with E-state index in [2.05, 4.69) is 15.2 Å². The lowest BCUT2D eigenvalue weighted by atomic mass is 9.87. The molecule has 1 amide bonds. The van der Waals surface area contributed by atoms with E-state index in [0.717, 1.165) is 44.8 Å². The number of fused-ring (bicyclic) bond motifs is 1. The molecule has 148 valence electrons. The highest BCUT2D eigenvalue weighted by Gasteiger charge is 2.34. The predicted octanol–water partition coefficient (Wildman–Crippen LogP) is 4.22. The number of halogens is 3. The van der Waals surface area contributed by atoms with Crippen molar-refractivity contribution in [1.82, 2.24) is 19.8 Å². The Bertz CT molecular complexity index is 807. The summed E-state index contributed by atoms with van der Waals surface area (Å²) in [6.45, 7) is 4.15. The fourth-order valence-corrected chi connectivity index (χ4v) is 3.56. The minimum atomic E-state index is -4.47. The van der Waals surface area contributed by atoms with Crippen molar-refractivity contribution >= 4 is 17.1 Å². The van der Waals surface area contributed by atoms with Gasteiger partial charge in [0.25, 0.3) is 0 Å². The van der Waals surface area contributed by atoms with Gasteiger partial charge < -0.3 is 10.2 Å². The molecule has 8 heteroatoms. The van der Waals surface area contributed by atoms with Gasteiger partial charge in [0.2, 0.25) is 0 Å².